The molecule has 4 aliphatic carbocycles. The fraction of sp³-hybridized carbons (Fsp3) is 0.926. The normalized spacial score (nSPS) is 44.4. The molecule has 4 saturated carbocycles. The average molecular weight is 433 g/mol. The minimum atomic E-state index is -0.683. The summed E-state index contributed by atoms with van der Waals surface area (Å²) in [5.41, 5.74) is 0.388. The summed E-state index contributed by atoms with van der Waals surface area (Å²) in [5.74, 6) is 3.15. The Morgan fingerprint density at radius 2 is 1.74 bits per heavy atom. The zero-order valence-electron chi connectivity index (χ0n) is 19.8. The van der Waals surface area contributed by atoms with E-state index >= 15 is 0 Å². The summed E-state index contributed by atoms with van der Waals surface area (Å²) >= 11 is 0. The predicted octanol–water partition coefficient (Wildman–Crippen LogP) is 6.00. The van der Waals surface area contributed by atoms with Crippen molar-refractivity contribution in [2.24, 2.45) is 40.4 Å². The number of carbonyl (C=O) groups is 2. The smallest absolute Gasteiger partial charge is 0.303 e. The third-order valence-electron chi connectivity index (χ3n) is 10.5. The lowest BCUT2D eigenvalue weighted by molar-refractivity contribution is -0.159. The van der Waals surface area contributed by atoms with Crippen molar-refractivity contribution in [2.45, 2.75) is 116 Å². The number of carboxylic acids is 1. The molecular weight excluding hydrogens is 388 g/mol. The van der Waals surface area contributed by atoms with E-state index in [0.29, 0.717) is 35.4 Å². The monoisotopic (exact) mass is 432 g/mol. The summed E-state index contributed by atoms with van der Waals surface area (Å²) in [6, 6.07) is 0. The Kier molecular flexibility index (Phi) is 6.87. The molecule has 0 heterocycles. The number of aliphatic hydroxyl groups excluding tert-OH is 1. The molecule has 0 aromatic heterocycles. The number of hydrogen-bond donors (Lipinski definition) is 2. The van der Waals surface area contributed by atoms with E-state index in [1.165, 1.54) is 38.5 Å². The molecule has 4 heteroatoms. The molecule has 31 heavy (non-hydrogen) atoms. The number of aliphatic carboxylic acids is 1. The van der Waals surface area contributed by atoms with Gasteiger partial charge in [0.15, 0.2) is 0 Å². The number of hydrogen-bond acceptors (Lipinski definition) is 3. The molecule has 0 aromatic rings. The van der Waals surface area contributed by atoms with E-state index in [0.717, 1.165) is 63.2 Å². The lowest BCUT2D eigenvalue weighted by atomic mass is 9.42. The molecule has 0 radical (unpaired) electrons. The van der Waals surface area contributed by atoms with Gasteiger partial charge in [-0.25, -0.2) is 0 Å². The van der Waals surface area contributed by atoms with Gasteiger partial charge in [0.25, 0.3) is 0 Å². The summed E-state index contributed by atoms with van der Waals surface area (Å²) in [5, 5.41) is 19.8. The second-order valence-corrected chi connectivity index (χ2v) is 12.1. The van der Waals surface area contributed by atoms with Gasteiger partial charge >= 0.3 is 5.97 Å². The quantitative estimate of drug-likeness (QED) is 0.461. The van der Waals surface area contributed by atoms with Gasteiger partial charge in [-0.1, -0.05) is 46.0 Å². The summed E-state index contributed by atoms with van der Waals surface area (Å²) < 4.78 is 0. The van der Waals surface area contributed by atoms with Crippen molar-refractivity contribution < 1.29 is 19.8 Å². The first-order valence-electron chi connectivity index (χ1n) is 13.2. The maximum Gasteiger partial charge on any atom is 0.303 e. The van der Waals surface area contributed by atoms with E-state index in [1.807, 2.05) is 0 Å². The highest BCUT2D eigenvalue weighted by atomic mass is 16.4. The van der Waals surface area contributed by atoms with Crippen LogP contribution in [0.25, 0.3) is 0 Å². The Morgan fingerprint density at radius 3 is 2.52 bits per heavy atom. The first-order valence-corrected chi connectivity index (χ1v) is 13.2. The highest BCUT2D eigenvalue weighted by molar-refractivity contribution is 5.79. The van der Waals surface area contributed by atoms with Crippen molar-refractivity contribution in [1.82, 2.24) is 0 Å². The molecule has 0 aliphatic heterocycles. The summed E-state index contributed by atoms with van der Waals surface area (Å²) in [6.45, 7) is 4.90. The van der Waals surface area contributed by atoms with Gasteiger partial charge in [0.2, 0.25) is 0 Å². The number of rotatable bonds is 8. The van der Waals surface area contributed by atoms with Crippen LogP contribution in [-0.2, 0) is 9.59 Å². The highest BCUT2D eigenvalue weighted by Gasteiger charge is 2.62. The standard InChI is InChI=1S/C27H44O4/c1-26-15-14-20(28)16-19(26)10-11-21-22-12-13-23(29)27(22,2)17-18(25(21)26)8-6-4-3-5-7-9-24(30)31/h18-19,21-23,25,29H,3-17H2,1-2H3,(H,30,31)/t18?,19?,21-,22-,23?,25+,26-,27-/m0/s1. The SMILES string of the molecule is C[C@]12CCC(=O)CC1CC[C@@H]1[C@H]2C(CCCCCCCC(=O)O)C[C@]2(C)C(O)CC[C@@H]12. The van der Waals surface area contributed by atoms with E-state index in [2.05, 4.69) is 13.8 Å². The van der Waals surface area contributed by atoms with E-state index in [-0.39, 0.29) is 11.5 Å². The molecule has 176 valence electrons. The molecule has 0 bridgehead atoms. The van der Waals surface area contributed by atoms with Crippen molar-refractivity contribution >= 4 is 11.8 Å². The number of ketones is 1. The van der Waals surface area contributed by atoms with Gasteiger partial charge in [-0.15, -0.1) is 0 Å². The van der Waals surface area contributed by atoms with Gasteiger partial charge in [0, 0.05) is 19.3 Å². The predicted molar refractivity (Wildman–Crippen MR) is 122 cm³/mol. The van der Waals surface area contributed by atoms with Crippen LogP contribution in [0.5, 0.6) is 0 Å². The Hall–Kier alpha value is -0.900. The van der Waals surface area contributed by atoms with Crippen LogP contribution in [0, 0.1) is 40.4 Å². The molecule has 0 amide bonds. The maximum absolute atomic E-state index is 12.2. The molecule has 3 unspecified atom stereocenters. The van der Waals surface area contributed by atoms with Crippen molar-refractivity contribution in [3.8, 4) is 0 Å². The van der Waals surface area contributed by atoms with Gasteiger partial charge < -0.3 is 10.2 Å². The molecule has 4 nitrogen and oxygen atoms in total. The van der Waals surface area contributed by atoms with Crippen molar-refractivity contribution in [3.05, 3.63) is 0 Å². The topological polar surface area (TPSA) is 74.6 Å². The Balaban J connectivity index is 1.45. The van der Waals surface area contributed by atoms with Crippen LogP contribution in [-0.4, -0.2) is 28.1 Å². The molecule has 0 saturated heterocycles. The lowest BCUT2D eigenvalue weighted by Crippen LogP contribution is -2.57. The van der Waals surface area contributed by atoms with Crippen LogP contribution in [0.15, 0.2) is 0 Å². The number of aliphatic hydroxyl groups is 1. The first kappa shape index (κ1) is 23.3. The summed E-state index contributed by atoms with van der Waals surface area (Å²) in [6.07, 6.45) is 15.2. The van der Waals surface area contributed by atoms with Crippen LogP contribution < -0.4 is 0 Å². The van der Waals surface area contributed by atoms with Gasteiger partial charge in [-0.2, -0.15) is 0 Å². The zero-order chi connectivity index (χ0) is 22.2. The largest absolute Gasteiger partial charge is 0.481 e. The number of unbranched alkanes of at least 4 members (excludes halogenated alkanes) is 4. The third-order valence-corrected chi connectivity index (χ3v) is 10.5. The third kappa shape index (κ3) is 4.35. The van der Waals surface area contributed by atoms with E-state index < -0.39 is 5.97 Å². The van der Waals surface area contributed by atoms with Crippen LogP contribution in [0.3, 0.4) is 0 Å². The van der Waals surface area contributed by atoms with Gasteiger partial charge in [-0.3, -0.25) is 9.59 Å². The maximum atomic E-state index is 12.2. The fourth-order valence-electron chi connectivity index (χ4n) is 8.92. The first-order chi connectivity index (χ1) is 14.8. The molecule has 2 N–H and O–H groups in total. The van der Waals surface area contributed by atoms with Gasteiger partial charge in [-0.05, 0) is 85.4 Å². The highest BCUT2D eigenvalue weighted by Crippen LogP contribution is 2.68. The molecule has 0 spiro atoms. The molecule has 8 atom stereocenters. The number of Topliss-reactive ketones (excluding diaryl/α,β-unsaturated/α-hetero) is 1. The van der Waals surface area contributed by atoms with Gasteiger partial charge in [0.1, 0.15) is 5.78 Å². The molecule has 4 aliphatic rings. The minimum Gasteiger partial charge on any atom is -0.481 e. The summed E-state index contributed by atoms with van der Waals surface area (Å²) in [4.78, 5) is 22.9. The lowest BCUT2D eigenvalue weighted by Gasteiger charge is -2.62. The number of fused-ring (bicyclic) bond motifs is 5. The second kappa shape index (κ2) is 9.15. The second-order valence-electron chi connectivity index (χ2n) is 12.1. The van der Waals surface area contributed by atoms with Crippen LogP contribution in [0.1, 0.15) is 110 Å². The molecule has 4 fully saturated rings. The van der Waals surface area contributed by atoms with Crippen molar-refractivity contribution in [1.29, 1.82) is 0 Å². The number of carboxylic acid groups (broad SMARTS) is 1. The molecular formula is C27H44O4. The Labute approximate surface area is 188 Å². The van der Waals surface area contributed by atoms with E-state index in [4.69, 9.17) is 5.11 Å². The van der Waals surface area contributed by atoms with Crippen LogP contribution in [0.2, 0.25) is 0 Å². The van der Waals surface area contributed by atoms with Crippen LogP contribution >= 0.6 is 0 Å². The van der Waals surface area contributed by atoms with Gasteiger partial charge in [0.05, 0.1) is 6.10 Å². The summed E-state index contributed by atoms with van der Waals surface area (Å²) in [7, 11) is 0. The Bertz CT molecular complexity index is 674. The van der Waals surface area contributed by atoms with E-state index in [9.17, 15) is 14.7 Å². The van der Waals surface area contributed by atoms with Crippen molar-refractivity contribution in [2.75, 3.05) is 0 Å². The molecule has 4 rings (SSSR count). The minimum absolute atomic E-state index is 0.0843. The zero-order valence-corrected chi connectivity index (χ0v) is 19.8. The Morgan fingerprint density at radius 1 is 1.00 bits per heavy atom. The average Bonchev–Trinajstić information content (AvgIpc) is 3.01. The fourth-order valence-corrected chi connectivity index (χ4v) is 8.92. The van der Waals surface area contributed by atoms with Crippen LogP contribution in [0.4, 0.5) is 0 Å². The number of carbonyl (C=O) groups excluding carboxylic acids is 1. The molecule has 0 aromatic carbocycles. The van der Waals surface area contributed by atoms with E-state index in [1.54, 1.807) is 0 Å². The van der Waals surface area contributed by atoms with Crippen molar-refractivity contribution in [3.63, 3.8) is 0 Å².